The highest BCUT2D eigenvalue weighted by molar-refractivity contribution is 7.99. The minimum atomic E-state index is -0.112. The predicted octanol–water partition coefficient (Wildman–Crippen LogP) is 6.57. The summed E-state index contributed by atoms with van der Waals surface area (Å²) in [6.07, 6.45) is 0.307. The molecule has 34 heavy (non-hydrogen) atoms. The lowest BCUT2D eigenvalue weighted by molar-refractivity contribution is -0.115. The number of hydrogen-bond acceptors (Lipinski definition) is 7. The smallest absolute Gasteiger partial charge is 0.226 e. The lowest BCUT2D eigenvalue weighted by Crippen LogP contribution is -2.12. The van der Waals surface area contributed by atoms with Gasteiger partial charge in [-0.15, -0.1) is 21.5 Å². The van der Waals surface area contributed by atoms with E-state index in [1.165, 1.54) is 33.9 Å². The number of carbonyl (C=O) groups is 1. The molecule has 2 aromatic heterocycles. The van der Waals surface area contributed by atoms with Gasteiger partial charge in [-0.3, -0.25) is 4.79 Å². The number of anilines is 1. The van der Waals surface area contributed by atoms with Crippen molar-refractivity contribution in [2.24, 2.45) is 0 Å². The Morgan fingerprint density at radius 2 is 1.68 bits per heavy atom. The molecule has 6 nitrogen and oxygen atoms in total. The van der Waals surface area contributed by atoms with Crippen molar-refractivity contribution in [1.29, 1.82) is 0 Å². The van der Waals surface area contributed by atoms with Crippen molar-refractivity contribution < 1.29 is 4.79 Å². The first kappa shape index (κ1) is 21.2. The highest BCUT2D eigenvalue weighted by Gasteiger charge is 2.24. The molecule has 9 heteroatoms. The fourth-order valence-electron chi connectivity index (χ4n) is 4.02. The summed E-state index contributed by atoms with van der Waals surface area (Å²) in [6, 6.07) is 19.9. The van der Waals surface area contributed by atoms with E-state index in [4.69, 9.17) is 16.6 Å². The molecule has 1 amide bonds. The number of thiazole rings is 1. The van der Waals surface area contributed by atoms with Crippen LogP contribution in [0.25, 0.3) is 44.5 Å². The molecule has 1 aliphatic rings. The number of amides is 1. The van der Waals surface area contributed by atoms with Crippen LogP contribution in [0, 0.1) is 0 Å². The summed E-state index contributed by atoms with van der Waals surface area (Å²) in [7, 11) is 0. The van der Waals surface area contributed by atoms with E-state index in [0.717, 1.165) is 33.8 Å². The molecule has 0 unspecified atom stereocenters. The zero-order valence-electron chi connectivity index (χ0n) is 17.7. The molecule has 5 aromatic rings. The first-order valence-corrected chi connectivity index (χ1v) is 12.8. The number of hydrogen-bond donors (Lipinski definition) is 1. The molecule has 2 heterocycles. The zero-order valence-corrected chi connectivity index (χ0v) is 20.0. The number of halogens is 1. The molecule has 0 saturated carbocycles. The summed E-state index contributed by atoms with van der Waals surface area (Å²) < 4.78 is 0. The Hall–Kier alpha value is -3.33. The third kappa shape index (κ3) is 3.83. The molecular weight excluding hydrogens is 486 g/mol. The number of aromatic nitrogens is 4. The minimum Gasteiger partial charge on any atom is -0.302 e. The van der Waals surface area contributed by atoms with Gasteiger partial charge in [-0.05, 0) is 11.5 Å². The van der Waals surface area contributed by atoms with Gasteiger partial charge in [0.2, 0.25) is 11.1 Å². The van der Waals surface area contributed by atoms with Crippen LogP contribution in [0.5, 0.6) is 0 Å². The summed E-state index contributed by atoms with van der Waals surface area (Å²) in [5, 5.41) is 17.6. The van der Waals surface area contributed by atoms with Crippen LogP contribution in [0.15, 0.2) is 71.2 Å². The van der Waals surface area contributed by atoms with Gasteiger partial charge in [0.1, 0.15) is 11.4 Å². The SMILES string of the molecule is O=C(CCSc1nnc2c(n1)-c1cccc3cccc-2c13)Nc1nc(-c2ccccc2Cl)cs1. The van der Waals surface area contributed by atoms with Crippen molar-refractivity contribution in [3.63, 3.8) is 0 Å². The Morgan fingerprint density at radius 3 is 2.50 bits per heavy atom. The Morgan fingerprint density at radius 1 is 0.912 bits per heavy atom. The quantitative estimate of drug-likeness (QED) is 0.260. The molecule has 1 aliphatic carbocycles. The number of nitrogens with one attached hydrogen (secondary N) is 1. The summed E-state index contributed by atoms with van der Waals surface area (Å²) in [6.45, 7) is 0. The fraction of sp³-hybridized carbons (Fsp3) is 0.0800. The second-order valence-corrected chi connectivity index (χ2v) is 9.99. The van der Waals surface area contributed by atoms with Crippen LogP contribution in [0.4, 0.5) is 5.13 Å². The maximum atomic E-state index is 12.4. The van der Waals surface area contributed by atoms with E-state index in [-0.39, 0.29) is 5.91 Å². The van der Waals surface area contributed by atoms with Crippen LogP contribution in [0.1, 0.15) is 6.42 Å². The lowest BCUT2D eigenvalue weighted by atomic mass is 10.0. The van der Waals surface area contributed by atoms with E-state index in [0.29, 0.717) is 27.5 Å². The monoisotopic (exact) mass is 501 g/mol. The Kier molecular flexibility index (Phi) is 5.49. The van der Waals surface area contributed by atoms with Crippen LogP contribution in [-0.2, 0) is 4.79 Å². The van der Waals surface area contributed by atoms with Crippen LogP contribution in [0.2, 0.25) is 5.02 Å². The normalized spacial score (nSPS) is 11.6. The molecule has 0 atom stereocenters. The van der Waals surface area contributed by atoms with Crippen molar-refractivity contribution in [2.45, 2.75) is 11.6 Å². The van der Waals surface area contributed by atoms with Crippen LogP contribution in [0.3, 0.4) is 0 Å². The average Bonchev–Trinajstić information content (AvgIpc) is 3.44. The van der Waals surface area contributed by atoms with Gasteiger partial charge in [-0.2, -0.15) is 0 Å². The van der Waals surface area contributed by atoms with Gasteiger partial charge < -0.3 is 5.32 Å². The molecule has 1 N–H and O–H groups in total. The van der Waals surface area contributed by atoms with Crippen molar-refractivity contribution >= 4 is 56.5 Å². The third-order valence-electron chi connectivity index (χ3n) is 5.54. The fourth-order valence-corrected chi connectivity index (χ4v) is 5.70. The molecule has 6 rings (SSSR count). The number of fused-ring (bicyclic) bond motifs is 3. The van der Waals surface area contributed by atoms with E-state index < -0.39 is 0 Å². The van der Waals surface area contributed by atoms with Gasteiger partial charge in [0.25, 0.3) is 0 Å². The number of nitrogens with zero attached hydrogens (tertiary/aromatic N) is 4. The predicted molar refractivity (Wildman–Crippen MR) is 138 cm³/mol. The number of rotatable bonds is 6. The third-order valence-corrected chi connectivity index (χ3v) is 7.47. The molecule has 0 saturated heterocycles. The Bertz CT molecular complexity index is 1560. The molecular formula is C25H16ClN5OS2. The Balaban J connectivity index is 1.10. The summed E-state index contributed by atoms with van der Waals surface area (Å²) in [5.41, 5.74) is 5.40. The van der Waals surface area contributed by atoms with Gasteiger partial charge in [-0.25, -0.2) is 9.97 Å². The second kappa shape index (κ2) is 8.79. The average molecular weight is 502 g/mol. The molecule has 3 aromatic carbocycles. The van der Waals surface area contributed by atoms with Crippen molar-refractivity contribution in [2.75, 3.05) is 11.1 Å². The van der Waals surface area contributed by atoms with Crippen LogP contribution >= 0.6 is 34.7 Å². The number of carbonyl (C=O) groups excluding carboxylic acids is 1. The minimum absolute atomic E-state index is 0.112. The van der Waals surface area contributed by atoms with Crippen molar-refractivity contribution in [3.05, 3.63) is 71.1 Å². The largest absolute Gasteiger partial charge is 0.302 e. The van der Waals surface area contributed by atoms with Gasteiger partial charge in [0, 0.05) is 44.7 Å². The van der Waals surface area contributed by atoms with Gasteiger partial charge >= 0.3 is 0 Å². The highest BCUT2D eigenvalue weighted by atomic mass is 35.5. The van der Waals surface area contributed by atoms with E-state index in [1.807, 2.05) is 41.8 Å². The first-order valence-electron chi connectivity index (χ1n) is 10.6. The lowest BCUT2D eigenvalue weighted by Gasteiger charge is -2.04. The van der Waals surface area contributed by atoms with Gasteiger partial charge in [0.05, 0.1) is 5.69 Å². The van der Waals surface area contributed by atoms with Crippen molar-refractivity contribution in [1.82, 2.24) is 20.2 Å². The van der Waals surface area contributed by atoms with Crippen LogP contribution < -0.4 is 5.32 Å². The standard InChI is InChI=1S/C25H16ClN5OS2/c26-18-10-2-1-7-15(18)19-13-34-24(27-19)28-20(32)11-12-33-25-29-22-16-8-3-5-14-6-4-9-17(21(14)16)23(22)30-31-25/h1-10,13H,11-12H2,(H,27,28,32). The molecule has 0 fully saturated rings. The molecule has 166 valence electrons. The summed E-state index contributed by atoms with van der Waals surface area (Å²) in [5.74, 6) is 0.422. The van der Waals surface area contributed by atoms with E-state index >= 15 is 0 Å². The maximum Gasteiger partial charge on any atom is 0.226 e. The van der Waals surface area contributed by atoms with Crippen LogP contribution in [-0.4, -0.2) is 31.8 Å². The van der Waals surface area contributed by atoms with Gasteiger partial charge in [0.15, 0.2) is 5.13 Å². The summed E-state index contributed by atoms with van der Waals surface area (Å²) in [4.78, 5) is 21.7. The van der Waals surface area contributed by atoms with Gasteiger partial charge in [-0.1, -0.05) is 78.0 Å². The number of thioether (sulfide) groups is 1. The second-order valence-electron chi connectivity index (χ2n) is 7.67. The molecule has 0 bridgehead atoms. The topological polar surface area (TPSA) is 80.7 Å². The summed E-state index contributed by atoms with van der Waals surface area (Å²) >= 11 is 9.03. The van der Waals surface area contributed by atoms with E-state index in [2.05, 4.69) is 44.8 Å². The maximum absolute atomic E-state index is 12.4. The molecule has 0 radical (unpaired) electrons. The number of benzene rings is 3. The first-order chi connectivity index (χ1) is 16.7. The van der Waals surface area contributed by atoms with E-state index in [9.17, 15) is 4.79 Å². The molecule has 0 spiro atoms. The Labute approximate surface area is 208 Å². The molecule has 0 aliphatic heterocycles. The highest BCUT2D eigenvalue weighted by Crippen LogP contribution is 2.44. The van der Waals surface area contributed by atoms with E-state index in [1.54, 1.807) is 0 Å². The zero-order chi connectivity index (χ0) is 23.1. The van der Waals surface area contributed by atoms with Crippen molar-refractivity contribution in [3.8, 4) is 33.8 Å².